The van der Waals surface area contributed by atoms with Crippen LogP contribution in [-0.2, 0) is 6.54 Å². The highest BCUT2D eigenvalue weighted by Crippen LogP contribution is 2.17. The minimum absolute atomic E-state index is 0.191. The molecule has 9 nitrogen and oxygen atoms in total. The molecule has 0 unspecified atom stereocenters. The van der Waals surface area contributed by atoms with Crippen molar-refractivity contribution in [1.82, 2.24) is 35.1 Å². The average molecular weight is 421 g/mol. The predicted octanol–water partition coefficient (Wildman–Crippen LogP) is 2.01. The molecule has 1 amide bonds. The van der Waals surface area contributed by atoms with Crippen molar-refractivity contribution in [3.8, 4) is 17.1 Å². The maximum Gasteiger partial charge on any atom is 0.269 e. The van der Waals surface area contributed by atoms with Crippen LogP contribution < -0.4 is 10.9 Å². The third-order valence-corrected chi connectivity index (χ3v) is 4.65. The summed E-state index contributed by atoms with van der Waals surface area (Å²) in [6.07, 6.45) is 0. The molecule has 1 aromatic carbocycles. The normalized spacial score (nSPS) is 10.9. The molecule has 4 aromatic rings. The number of carbonyl (C=O) groups is 1. The highest BCUT2D eigenvalue weighted by Gasteiger charge is 2.12. The van der Waals surface area contributed by atoms with Gasteiger partial charge in [0.25, 0.3) is 11.5 Å². The van der Waals surface area contributed by atoms with Crippen molar-refractivity contribution >= 4 is 5.91 Å². The number of nitrogens with one attached hydrogen (secondary N) is 2. The molecule has 0 aliphatic rings. The number of benzene rings is 1. The molecule has 0 saturated heterocycles. The Morgan fingerprint density at radius 1 is 1.10 bits per heavy atom. The zero-order valence-corrected chi connectivity index (χ0v) is 17.0. The lowest BCUT2D eigenvalue weighted by molar-refractivity contribution is 0.0946. The number of aryl methyl sites for hydroxylation is 2. The van der Waals surface area contributed by atoms with E-state index in [1.807, 2.05) is 19.9 Å². The van der Waals surface area contributed by atoms with E-state index in [4.69, 9.17) is 0 Å². The third-order valence-electron chi connectivity index (χ3n) is 4.65. The molecule has 3 aromatic heterocycles. The first kappa shape index (κ1) is 20.2. The van der Waals surface area contributed by atoms with Crippen LogP contribution in [-0.4, -0.2) is 42.2 Å². The zero-order valence-electron chi connectivity index (χ0n) is 17.0. The van der Waals surface area contributed by atoms with E-state index in [2.05, 4.69) is 25.7 Å². The molecule has 0 aliphatic carbocycles. The van der Waals surface area contributed by atoms with Gasteiger partial charge in [0.2, 0.25) is 0 Å². The lowest BCUT2D eigenvalue weighted by Gasteiger charge is -2.09. The molecule has 0 radical (unpaired) electrons. The number of carbonyl (C=O) groups excluding carboxylic acids is 1. The fourth-order valence-corrected chi connectivity index (χ4v) is 3.15. The Kier molecular flexibility index (Phi) is 5.44. The summed E-state index contributed by atoms with van der Waals surface area (Å²) in [7, 11) is 0. The van der Waals surface area contributed by atoms with Gasteiger partial charge in [-0.05, 0) is 56.3 Å². The summed E-state index contributed by atoms with van der Waals surface area (Å²) in [5, 5.41) is 18.2. The van der Waals surface area contributed by atoms with E-state index >= 15 is 0 Å². The summed E-state index contributed by atoms with van der Waals surface area (Å²) < 4.78 is 16.0. The van der Waals surface area contributed by atoms with E-state index in [-0.39, 0.29) is 36.1 Å². The van der Waals surface area contributed by atoms with Gasteiger partial charge in [-0.15, -0.1) is 5.10 Å². The Balaban J connectivity index is 1.41. The fraction of sp³-hybridized carbons (Fsp3) is 0.190. The van der Waals surface area contributed by atoms with Crippen LogP contribution in [0.2, 0.25) is 0 Å². The molecule has 0 atom stereocenters. The van der Waals surface area contributed by atoms with E-state index in [1.54, 1.807) is 28.9 Å². The van der Waals surface area contributed by atoms with Crippen LogP contribution in [0.5, 0.6) is 0 Å². The van der Waals surface area contributed by atoms with E-state index in [0.717, 1.165) is 11.4 Å². The minimum atomic E-state index is -0.372. The number of rotatable bonds is 6. The van der Waals surface area contributed by atoms with Gasteiger partial charge in [0.15, 0.2) is 5.82 Å². The number of halogens is 1. The topological polar surface area (TPSA) is 110 Å². The second kappa shape index (κ2) is 8.34. The van der Waals surface area contributed by atoms with E-state index in [1.165, 1.54) is 22.9 Å². The third kappa shape index (κ3) is 4.42. The minimum Gasteiger partial charge on any atom is -0.349 e. The Morgan fingerprint density at radius 3 is 2.58 bits per heavy atom. The number of H-pyrrole nitrogens is 1. The predicted molar refractivity (Wildman–Crippen MR) is 111 cm³/mol. The maximum absolute atomic E-state index is 13.1. The lowest BCUT2D eigenvalue weighted by atomic mass is 10.1. The van der Waals surface area contributed by atoms with Gasteiger partial charge in [-0.1, -0.05) is 0 Å². The largest absolute Gasteiger partial charge is 0.349 e. The molecule has 158 valence electrons. The van der Waals surface area contributed by atoms with Gasteiger partial charge in [-0.25, -0.2) is 13.8 Å². The summed E-state index contributed by atoms with van der Waals surface area (Å²) >= 11 is 0. The first-order valence-electron chi connectivity index (χ1n) is 9.62. The highest BCUT2D eigenvalue weighted by atomic mass is 19.1. The second-order valence-corrected chi connectivity index (χ2v) is 7.02. The van der Waals surface area contributed by atoms with E-state index in [0.29, 0.717) is 17.1 Å². The van der Waals surface area contributed by atoms with Crippen LogP contribution in [0.15, 0.2) is 53.3 Å². The Bertz CT molecular complexity index is 1290. The zero-order chi connectivity index (χ0) is 22.0. The molecule has 0 saturated carbocycles. The quantitative estimate of drug-likeness (QED) is 0.495. The van der Waals surface area contributed by atoms with E-state index < -0.39 is 0 Å². The van der Waals surface area contributed by atoms with Gasteiger partial charge >= 0.3 is 0 Å². The van der Waals surface area contributed by atoms with Crippen molar-refractivity contribution in [1.29, 1.82) is 0 Å². The molecule has 0 fully saturated rings. The van der Waals surface area contributed by atoms with Crippen molar-refractivity contribution in [3.63, 3.8) is 0 Å². The van der Waals surface area contributed by atoms with Crippen molar-refractivity contribution < 1.29 is 9.18 Å². The Hall–Kier alpha value is -4.08. The summed E-state index contributed by atoms with van der Waals surface area (Å²) in [6, 6.07) is 12.4. The van der Waals surface area contributed by atoms with Crippen molar-refractivity contribution in [2.75, 3.05) is 6.54 Å². The standard InChI is InChI=1S/C21H20FN7O2/c1-13-11-14(2)29(26-13)19-7-8-20(30)28(27-19)10-9-23-21(31)18-12-17(24-25-18)15-3-5-16(22)6-4-15/h3-8,11-12H,9-10H2,1-2H3,(H,23,31)(H,24,25). The average Bonchev–Trinajstić information content (AvgIpc) is 3.36. The van der Waals surface area contributed by atoms with Crippen LogP contribution in [0.25, 0.3) is 17.1 Å². The Labute approximate surface area is 176 Å². The lowest BCUT2D eigenvalue weighted by Crippen LogP contribution is -2.32. The number of amides is 1. The number of nitrogens with zero attached hydrogens (tertiary/aromatic N) is 5. The number of aromatic amines is 1. The van der Waals surface area contributed by atoms with E-state index in [9.17, 15) is 14.0 Å². The van der Waals surface area contributed by atoms with Gasteiger partial charge in [-0.3, -0.25) is 14.7 Å². The number of hydrogen-bond acceptors (Lipinski definition) is 5. The molecule has 4 rings (SSSR count). The first-order valence-corrected chi connectivity index (χ1v) is 9.62. The van der Waals surface area contributed by atoms with Gasteiger partial charge in [-0.2, -0.15) is 10.2 Å². The molecule has 10 heteroatoms. The highest BCUT2D eigenvalue weighted by molar-refractivity contribution is 5.93. The molecular weight excluding hydrogens is 401 g/mol. The monoisotopic (exact) mass is 421 g/mol. The van der Waals surface area contributed by atoms with Crippen molar-refractivity contribution in [2.24, 2.45) is 0 Å². The van der Waals surface area contributed by atoms with Crippen molar-refractivity contribution in [2.45, 2.75) is 20.4 Å². The molecule has 0 spiro atoms. The summed E-state index contributed by atoms with van der Waals surface area (Å²) in [4.78, 5) is 24.5. The second-order valence-electron chi connectivity index (χ2n) is 7.02. The molecule has 0 bridgehead atoms. The maximum atomic E-state index is 13.1. The number of hydrogen-bond donors (Lipinski definition) is 2. The smallest absolute Gasteiger partial charge is 0.269 e. The van der Waals surface area contributed by atoms with Gasteiger partial charge in [0, 0.05) is 23.9 Å². The van der Waals surface area contributed by atoms with Crippen LogP contribution >= 0.6 is 0 Å². The van der Waals surface area contributed by atoms with Crippen molar-refractivity contribution in [3.05, 3.63) is 81.8 Å². The summed E-state index contributed by atoms with van der Waals surface area (Å²) in [6.45, 7) is 4.17. The molecular formula is C21H20FN7O2. The Morgan fingerprint density at radius 2 is 1.87 bits per heavy atom. The number of aromatic nitrogens is 6. The van der Waals surface area contributed by atoms with Gasteiger partial charge < -0.3 is 5.32 Å². The molecule has 3 heterocycles. The SMILES string of the molecule is Cc1cc(C)n(-c2ccc(=O)n(CCNC(=O)c3cc(-c4ccc(F)cc4)n[nH]3)n2)n1. The fourth-order valence-electron chi connectivity index (χ4n) is 3.15. The first-order chi connectivity index (χ1) is 14.9. The summed E-state index contributed by atoms with van der Waals surface area (Å²) in [5.74, 6) is -0.194. The van der Waals surface area contributed by atoms with Crippen LogP contribution in [0.3, 0.4) is 0 Å². The molecule has 31 heavy (non-hydrogen) atoms. The van der Waals surface area contributed by atoms with Gasteiger partial charge in [0.05, 0.1) is 17.9 Å². The molecule has 2 N–H and O–H groups in total. The van der Waals surface area contributed by atoms with Crippen LogP contribution in [0.4, 0.5) is 4.39 Å². The molecule has 0 aliphatic heterocycles. The van der Waals surface area contributed by atoms with Crippen LogP contribution in [0, 0.1) is 19.7 Å². The van der Waals surface area contributed by atoms with Gasteiger partial charge in [0.1, 0.15) is 11.5 Å². The summed E-state index contributed by atoms with van der Waals surface area (Å²) in [5.41, 5.74) is 2.95. The van der Waals surface area contributed by atoms with Crippen LogP contribution in [0.1, 0.15) is 21.9 Å².